The summed E-state index contributed by atoms with van der Waals surface area (Å²) in [7, 11) is 0. The van der Waals surface area contributed by atoms with Crippen LogP contribution in [0.3, 0.4) is 0 Å². The highest BCUT2D eigenvalue weighted by Crippen LogP contribution is 2.34. The largest absolute Gasteiger partial charge is 0.361 e. The van der Waals surface area contributed by atoms with Crippen LogP contribution in [-0.4, -0.2) is 17.1 Å². The first-order valence-corrected chi connectivity index (χ1v) is 9.37. The van der Waals surface area contributed by atoms with Crippen molar-refractivity contribution in [2.24, 2.45) is 5.10 Å². The van der Waals surface area contributed by atoms with Crippen LogP contribution in [0, 0.1) is 0 Å². The van der Waals surface area contributed by atoms with Gasteiger partial charge in [-0.3, -0.25) is 4.79 Å². The number of nitrogens with one attached hydrogen (secondary N) is 2. The Kier molecular flexibility index (Phi) is 4.38. The van der Waals surface area contributed by atoms with Crippen LogP contribution < -0.4 is 5.43 Å². The van der Waals surface area contributed by atoms with Crippen LogP contribution in [0.25, 0.3) is 21.0 Å². The molecule has 4 nitrogen and oxygen atoms in total. The summed E-state index contributed by atoms with van der Waals surface area (Å²) in [5.41, 5.74) is 5.59. The number of nitrogens with zero attached hydrogens (tertiary/aromatic N) is 1. The smallest absolute Gasteiger partial charge is 0.244 e. The number of aromatic nitrogens is 1. The van der Waals surface area contributed by atoms with Gasteiger partial charge in [0.2, 0.25) is 5.91 Å². The molecule has 1 amide bonds. The van der Waals surface area contributed by atoms with E-state index in [2.05, 4.69) is 37.5 Å². The minimum Gasteiger partial charge on any atom is -0.361 e. The summed E-state index contributed by atoms with van der Waals surface area (Å²) < 4.78 is 2.18. The van der Waals surface area contributed by atoms with E-state index in [1.807, 2.05) is 48.7 Å². The van der Waals surface area contributed by atoms with Crippen LogP contribution in [0.1, 0.15) is 11.1 Å². The fourth-order valence-electron chi connectivity index (χ4n) is 2.82. The van der Waals surface area contributed by atoms with Gasteiger partial charge in [0.05, 0.1) is 16.4 Å². The first kappa shape index (κ1) is 16.1. The third kappa shape index (κ3) is 3.23. The van der Waals surface area contributed by atoms with E-state index in [1.54, 1.807) is 17.6 Å². The molecule has 2 N–H and O–H groups in total. The average molecular weight is 412 g/mol. The molecule has 2 aromatic heterocycles. The number of carbonyl (C=O) groups is 1. The van der Waals surface area contributed by atoms with Crippen LogP contribution in [0.5, 0.6) is 0 Å². The number of aromatic amines is 1. The monoisotopic (exact) mass is 411 g/mol. The summed E-state index contributed by atoms with van der Waals surface area (Å²) in [6.45, 7) is 0. The summed E-state index contributed by atoms with van der Waals surface area (Å²) >= 11 is 5.21. The highest BCUT2D eigenvalue weighted by atomic mass is 79.9. The van der Waals surface area contributed by atoms with E-state index in [-0.39, 0.29) is 12.3 Å². The van der Waals surface area contributed by atoms with Crippen molar-refractivity contribution in [3.63, 3.8) is 0 Å². The summed E-state index contributed by atoms with van der Waals surface area (Å²) in [6, 6.07) is 16.1. The van der Waals surface area contributed by atoms with Crippen molar-refractivity contribution in [1.29, 1.82) is 0 Å². The van der Waals surface area contributed by atoms with E-state index in [4.69, 9.17) is 0 Å². The van der Waals surface area contributed by atoms with Crippen molar-refractivity contribution in [3.05, 3.63) is 69.6 Å². The Bertz CT molecular complexity index is 1100. The molecule has 0 radical (unpaired) electrons. The lowest BCUT2D eigenvalue weighted by atomic mass is 10.1. The Labute approximate surface area is 156 Å². The molecule has 6 heteroatoms. The Morgan fingerprint density at radius 3 is 2.80 bits per heavy atom. The van der Waals surface area contributed by atoms with Crippen LogP contribution in [-0.2, 0) is 11.2 Å². The normalized spacial score (nSPS) is 11.6. The van der Waals surface area contributed by atoms with Gasteiger partial charge in [-0.25, -0.2) is 5.43 Å². The Hall–Kier alpha value is -2.44. The number of fused-ring (bicyclic) bond motifs is 2. The maximum absolute atomic E-state index is 12.2. The second kappa shape index (κ2) is 6.82. The first-order chi connectivity index (χ1) is 12.2. The number of hydrazone groups is 1. The molecule has 0 saturated carbocycles. The second-order valence-electron chi connectivity index (χ2n) is 5.62. The van der Waals surface area contributed by atoms with Gasteiger partial charge in [0.15, 0.2) is 0 Å². The van der Waals surface area contributed by atoms with E-state index < -0.39 is 0 Å². The number of thiophene rings is 1. The minimum atomic E-state index is -0.142. The third-order valence-corrected chi connectivity index (χ3v) is 5.89. The number of carbonyl (C=O) groups excluding carboxylic acids is 1. The zero-order valence-corrected chi connectivity index (χ0v) is 15.5. The predicted octanol–water partition coefficient (Wildman–Crippen LogP) is 4.84. The molecule has 0 aliphatic heterocycles. The number of hydrogen-bond acceptors (Lipinski definition) is 3. The van der Waals surface area contributed by atoms with Crippen molar-refractivity contribution in [2.45, 2.75) is 6.42 Å². The van der Waals surface area contributed by atoms with Gasteiger partial charge in [0, 0.05) is 32.7 Å². The van der Waals surface area contributed by atoms with Gasteiger partial charge in [0.1, 0.15) is 0 Å². The van der Waals surface area contributed by atoms with E-state index in [0.717, 1.165) is 31.2 Å². The molecular weight excluding hydrogens is 398 g/mol. The number of halogens is 1. The molecule has 4 aromatic rings. The standard InChI is InChI=1S/C19H14BrN3OS/c20-19-15(14-6-2-4-8-17(14)25-19)11-22-23-18(24)9-12-10-21-16-7-3-1-5-13(12)16/h1-8,10-11,21H,9H2,(H,23,24)/b22-11-. The zero-order valence-electron chi connectivity index (χ0n) is 13.1. The number of hydrogen-bond donors (Lipinski definition) is 2. The number of H-pyrrole nitrogens is 1. The van der Waals surface area contributed by atoms with E-state index in [9.17, 15) is 4.79 Å². The van der Waals surface area contributed by atoms with E-state index in [1.165, 1.54) is 4.70 Å². The van der Waals surface area contributed by atoms with Crippen molar-refractivity contribution >= 4 is 60.4 Å². The van der Waals surface area contributed by atoms with Gasteiger partial charge in [0.25, 0.3) is 0 Å². The molecule has 124 valence electrons. The number of amides is 1. The maximum atomic E-state index is 12.2. The quantitative estimate of drug-likeness (QED) is 0.366. The van der Waals surface area contributed by atoms with Crippen LogP contribution in [0.15, 0.2) is 63.6 Å². The summed E-state index contributed by atoms with van der Waals surface area (Å²) in [5.74, 6) is -0.142. The number of benzene rings is 2. The lowest BCUT2D eigenvalue weighted by Gasteiger charge is -1.99. The highest BCUT2D eigenvalue weighted by Gasteiger charge is 2.09. The van der Waals surface area contributed by atoms with Crippen LogP contribution in [0.2, 0.25) is 0 Å². The molecule has 0 unspecified atom stereocenters. The highest BCUT2D eigenvalue weighted by molar-refractivity contribution is 9.11. The summed E-state index contributed by atoms with van der Waals surface area (Å²) in [6.07, 6.45) is 3.85. The van der Waals surface area contributed by atoms with Gasteiger partial charge in [-0.05, 0) is 33.6 Å². The van der Waals surface area contributed by atoms with Gasteiger partial charge in [-0.1, -0.05) is 36.4 Å². The third-order valence-electron chi connectivity index (χ3n) is 4.00. The van der Waals surface area contributed by atoms with Crippen molar-refractivity contribution < 1.29 is 4.79 Å². The fraction of sp³-hybridized carbons (Fsp3) is 0.0526. The SMILES string of the molecule is O=C(Cc1c[nH]c2ccccc12)N/N=C\c1c(Br)sc2ccccc12. The van der Waals surface area contributed by atoms with E-state index in [0.29, 0.717) is 0 Å². The van der Waals surface area contributed by atoms with Crippen molar-refractivity contribution in [2.75, 3.05) is 0 Å². The van der Waals surface area contributed by atoms with Crippen molar-refractivity contribution in [1.82, 2.24) is 10.4 Å². The van der Waals surface area contributed by atoms with Gasteiger partial charge < -0.3 is 4.98 Å². The van der Waals surface area contributed by atoms with Crippen LogP contribution in [0.4, 0.5) is 0 Å². The van der Waals surface area contributed by atoms with Gasteiger partial charge in [-0.15, -0.1) is 11.3 Å². The van der Waals surface area contributed by atoms with Gasteiger partial charge >= 0.3 is 0 Å². The van der Waals surface area contributed by atoms with Crippen molar-refractivity contribution in [3.8, 4) is 0 Å². The lowest BCUT2D eigenvalue weighted by Crippen LogP contribution is -2.19. The van der Waals surface area contributed by atoms with E-state index >= 15 is 0 Å². The molecule has 0 aliphatic rings. The number of para-hydroxylation sites is 1. The average Bonchev–Trinajstić information content (AvgIpc) is 3.16. The molecule has 2 heterocycles. The molecule has 0 saturated heterocycles. The Morgan fingerprint density at radius 2 is 1.92 bits per heavy atom. The predicted molar refractivity (Wildman–Crippen MR) is 107 cm³/mol. The molecular formula is C19H14BrN3OS. The second-order valence-corrected chi connectivity index (χ2v) is 7.99. The van der Waals surface area contributed by atoms with Crippen LogP contribution >= 0.6 is 27.3 Å². The Balaban J connectivity index is 1.48. The Morgan fingerprint density at radius 1 is 1.16 bits per heavy atom. The number of rotatable bonds is 4. The molecule has 0 bridgehead atoms. The van der Waals surface area contributed by atoms with Gasteiger partial charge in [-0.2, -0.15) is 5.10 Å². The molecule has 0 spiro atoms. The molecule has 25 heavy (non-hydrogen) atoms. The maximum Gasteiger partial charge on any atom is 0.244 e. The lowest BCUT2D eigenvalue weighted by molar-refractivity contribution is -0.120. The molecule has 0 atom stereocenters. The first-order valence-electron chi connectivity index (χ1n) is 7.76. The zero-order chi connectivity index (χ0) is 17.2. The topological polar surface area (TPSA) is 57.2 Å². The summed E-state index contributed by atoms with van der Waals surface area (Å²) in [5, 5.41) is 6.31. The fourth-order valence-corrected chi connectivity index (χ4v) is 4.55. The molecule has 0 aliphatic carbocycles. The minimum absolute atomic E-state index is 0.142. The molecule has 2 aromatic carbocycles. The molecule has 0 fully saturated rings. The summed E-state index contributed by atoms with van der Waals surface area (Å²) in [4.78, 5) is 15.4. The molecule has 4 rings (SSSR count).